The summed E-state index contributed by atoms with van der Waals surface area (Å²) in [4.78, 5) is 15.2. The number of ether oxygens (including phenoxy) is 2. The number of carbonyl (C=O) groups is 1. The van der Waals surface area contributed by atoms with Crippen LogP contribution in [0.5, 0.6) is 11.5 Å². The van der Waals surface area contributed by atoms with Gasteiger partial charge in [-0.15, -0.1) is 0 Å². The first-order valence-corrected chi connectivity index (χ1v) is 6.46. The van der Waals surface area contributed by atoms with Gasteiger partial charge in [0.2, 0.25) is 6.79 Å². The average molecular weight is 286 g/mol. The molecular weight excluding hydrogens is 272 g/mol. The molecule has 0 spiro atoms. The zero-order valence-corrected chi connectivity index (χ0v) is 11.4. The molecule has 0 saturated heterocycles. The maximum Gasteiger partial charge on any atom is 0.339 e. The molecule has 1 aromatic heterocycles. The molecule has 0 atom stereocenters. The van der Waals surface area contributed by atoms with Crippen LogP contribution in [0.4, 0.5) is 5.69 Å². The van der Waals surface area contributed by atoms with E-state index >= 15 is 0 Å². The molecule has 0 radical (unpaired) electrons. The van der Waals surface area contributed by atoms with E-state index in [1.165, 1.54) is 6.20 Å². The van der Waals surface area contributed by atoms with Crippen molar-refractivity contribution in [2.45, 2.75) is 13.5 Å². The van der Waals surface area contributed by atoms with E-state index in [0.717, 1.165) is 17.0 Å². The minimum Gasteiger partial charge on any atom is -0.478 e. The van der Waals surface area contributed by atoms with E-state index in [2.05, 4.69) is 10.3 Å². The van der Waals surface area contributed by atoms with Gasteiger partial charge in [0.15, 0.2) is 11.5 Å². The highest BCUT2D eigenvalue weighted by atomic mass is 16.7. The zero-order valence-electron chi connectivity index (χ0n) is 11.4. The monoisotopic (exact) mass is 286 g/mol. The number of nitrogens with one attached hydrogen (secondary N) is 1. The molecule has 6 nitrogen and oxygen atoms in total. The summed E-state index contributed by atoms with van der Waals surface area (Å²) in [5, 5.41) is 12.3. The molecule has 1 aliphatic heterocycles. The fourth-order valence-corrected chi connectivity index (χ4v) is 2.12. The van der Waals surface area contributed by atoms with E-state index in [1.54, 1.807) is 6.07 Å². The predicted molar refractivity (Wildman–Crippen MR) is 75.8 cm³/mol. The van der Waals surface area contributed by atoms with Crippen molar-refractivity contribution in [1.29, 1.82) is 0 Å². The van der Waals surface area contributed by atoms with Crippen molar-refractivity contribution in [1.82, 2.24) is 4.98 Å². The second-order valence-electron chi connectivity index (χ2n) is 4.72. The van der Waals surface area contributed by atoms with Crippen molar-refractivity contribution < 1.29 is 19.4 Å². The van der Waals surface area contributed by atoms with Gasteiger partial charge in [-0.2, -0.15) is 0 Å². The number of rotatable bonds is 4. The first-order valence-electron chi connectivity index (χ1n) is 6.46. The Balaban J connectivity index is 1.78. The van der Waals surface area contributed by atoms with Crippen LogP contribution in [0.25, 0.3) is 0 Å². The molecule has 0 unspecified atom stereocenters. The van der Waals surface area contributed by atoms with Crippen LogP contribution in [0.1, 0.15) is 21.6 Å². The van der Waals surface area contributed by atoms with E-state index in [-0.39, 0.29) is 12.4 Å². The number of aromatic carboxylic acids is 1. The summed E-state index contributed by atoms with van der Waals surface area (Å²) in [5.41, 5.74) is 2.44. The Kier molecular flexibility index (Phi) is 3.35. The van der Waals surface area contributed by atoms with Crippen molar-refractivity contribution in [2.24, 2.45) is 0 Å². The summed E-state index contributed by atoms with van der Waals surface area (Å²) in [6, 6.07) is 7.35. The van der Waals surface area contributed by atoms with Crippen LogP contribution in [0, 0.1) is 6.92 Å². The average Bonchev–Trinajstić information content (AvgIpc) is 2.92. The summed E-state index contributed by atoms with van der Waals surface area (Å²) < 4.78 is 10.6. The number of benzene rings is 1. The summed E-state index contributed by atoms with van der Waals surface area (Å²) in [6.07, 6.45) is 1.36. The van der Waals surface area contributed by atoms with Gasteiger partial charge < -0.3 is 19.9 Å². The van der Waals surface area contributed by atoms with Gasteiger partial charge in [0.25, 0.3) is 0 Å². The van der Waals surface area contributed by atoms with E-state index in [0.29, 0.717) is 18.0 Å². The second kappa shape index (κ2) is 5.32. The maximum atomic E-state index is 11.2. The third-order valence-corrected chi connectivity index (χ3v) is 3.19. The van der Waals surface area contributed by atoms with Gasteiger partial charge in [-0.3, -0.25) is 4.98 Å². The molecule has 1 aromatic carbocycles. The molecular formula is C15H14N2O4. The number of aromatic nitrogens is 1. The van der Waals surface area contributed by atoms with Crippen molar-refractivity contribution in [3.63, 3.8) is 0 Å². The number of anilines is 1. The van der Waals surface area contributed by atoms with Crippen LogP contribution in [-0.4, -0.2) is 22.9 Å². The molecule has 2 aromatic rings. The summed E-state index contributed by atoms with van der Waals surface area (Å²) in [6.45, 7) is 2.54. The Bertz CT molecular complexity index is 700. The third-order valence-electron chi connectivity index (χ3n) is 3.19. The number of aryl methyl sites for hydroxylation is 1. The largest absolute Gasteiger partial charge is 0.478 e. The smallest absolute Gasteiger partial charge is 0.339 e. The quantitative estimate of drug-likeness (QED) is 0.898. The molecule has 0 amide bonds. The van der Waals surface area contributed by atoms with Gasteiger partial charge in [-0.05, 0) is 30.7 Å². The summed E-state index contributed by atoms with van der Waals surface area (Å²) in [7, 11) is 0. The van der Waals surface area contributed by atoms with Crippen LogP contribution in [0.2, 0.25) is 0 Å². The van der Waals surface area contributed by atoms with E-state index in [4.69, 9.17) is 14.6 Å². The van der Waals surface area contributed by atoms with Crippen LogP contribution >= 0.6 is 0 Å². The van der Waals surface area contributed by atoms with Crippen LogP contribution < -0.4 is 14.8 Å². The molecule has 3 rings (SSSR count). The Labute approximate surface area is 121 Å². The Morgan fingerprint density at radius 3 is 2.95 bits per heavy atom. The predicted octanol–water partition coefficient (Wildman–Crippen LogP) is 2.43. The van der Waals surface area contributed by atoms with E-state index < -0.39 is 5.97 Å². The minimum atomic E-state index is -1.00. The fourth-order valence-electron chi connectivity index (χ4n) is 2.12. The van der Waals surface area contributed by atoms with Gasteiger partial charge in [0, 0.05) is 18.4 Å². The van der Waals surface area contributed by atoms with Gasteiger partial charge in [-0.1, -0.05) is 6.07 Å². The second-order valence-corrected chi connectivity index (χ2v) is 4.72. The number of carboxylic acid groups (broad SMARTS) is 1. The lowest BCUT2D eigenvalue weighted by atomic mass is 10.1. The van der Waals surface area contributed by atoms with E-state index in [1.807, 2.05) is 25.1 Å². The molecule has 108 valence electrons. The standard InChI is InChI=1S/C15H14N2O4/c1-9-4-12(11(7-16-9)15(18)19)17-6-10-2-3-13-14(5-10)21-8-20-13/h2-5,7H,6,8H2,1H3,(H,16,17)(H,18,19). The number of carboxylic acids is 1. The van der Waals surface area contributed by atoms with Gasteiger partial charge >= 0.3 is 5.97 Å². The highest BCUT2D eigenvalue weighted by molar-refractivity contribution is 5.93. The number of hydrogen-bond donors (Lipinski definition) is 2. The number of nitrogens with zero attached hydrogens (tertiary/aromatic N) is 1. The number of pyridine rings is 1. The normalized spacial score (nSPS) is 12.2. The Morgan fingerprint density at radius 1 is 1.33 bits per heavy atom. The van der Waals surface area contributed by atoms with Crippen molar-refractivity contribution in [3.05, 3.63) is 47.3 Å². The third kappa shape index (κ3) is 2.74. The molecule has 0 fully saturated rings. The Morgan fingerprint density at radius 2 is 2.14 bits per heavy atom. The lowest BCUT2D eigenvalue weighted by Crippen LogP contribution is -2.07. The molecule has 2 N–H and O–H groups in total. The highest BCUT2D eigenvalue weighted by Gasteiger charge is 2.14. The van der Waals surface area contributed by atoms with Crippen LogP contribution in [-0.2, 0) is 6.54 Å². The summed E-state index contributed by atoms with van der Waals surface area (Å²) in [5.74, 6) is 0.430. The highest BCUT2D eigenvalue weighted by Crippen LogP contribution is 2.32. The first-order chi connectivity index (χ1) is 10.1. The number of hydrogen-bond acceptors (Lipinski definition) is 5. The molecule has 1 aliphatic rings. The van der Waals surface area contributed by atoms with Crippen molar-refractivity contribution >= 4 is 11.7 Å². The van der Waals surface area contributed by atoms with Gasteiger partial charge in [-0.25, -0.2) is 4.79 Å². The fraction of sp³-hybridized carbons (Fsp3) is 0.200. The first kappa shape index (κ1) is 13.2. The van der Waals surface area contributed by atoms with Crippen LogP contribution in [0.3, 0.4) is 0 Å². The summed E-state index contributed by atoms with van der Waals surface area (Å²) >= 11 is 0. The molecule has 21 heavy (non-hydrogen) atoms. The molecule has 0 aliphatic carbocycles. The molecule has 0 saturated carbocycles. The van der Waals surface area contributed by atoms with Crippen molar-refractivity contribution in [2.75, 3.05) is 12.1 Å². The molecule has 2 heterocycles. The molecule has 0 bridgehead atoms. The van der Waals surface area contributed by atoms with E-state index in [9.17, 15) is 4.79 Å². The van der Waals surface area contributed by atoms with Gasteiger partial charge in [0.1, 0.15) is 5.56 Å². The van der Waals surface area contributed by atoms with Gasteiger partial charge in [0.05, 0.1) is 5.69 Å². The topological polar surface area (TPSA) is 80.7 Å². The lowest BCUT2D eigenvalue weighted by Gasteiger charge is -2.10. The van der Waals surface area contributed by atoms with Crippen LogP contribution in [0.15, 0.2) is 30.5 Å². The van der Waals surface area contributed by atoms with Crippen molar-refractivity contribution in [3.8, 4) is 11.5 Å². The Hall–Kier alpha value is -2.76. The number of fused-ring (bicyclic) bond motifs is 1. The minimum absolute atomic E-state index is 0.154. The molecule has 6 heteroatoms. The maximum absolute atomic E-state index is 11.2. The lowest BCUT2D eigenvalue weighted by molar-refractivity contribution is 0.0697. The SMILES string of the molecule is Cc1cc(NCc2ccc3c(c2)OCO3)c(C(=O)O)cn1. The zero-order chi connectivity index (χ0) is 14.8.